The van der Waals surface area contributed by atoms with Crippen LogP contribution < -0.4 is 5.32 Å². The molecule has 1 fully saturated rings. The standard InChI is InChI=1S/C12H23NO2/c1-9-5-11(2,3)8-12(6-9,13-4)7-10(14)15/h9,13H,5-8H2,1-4H3,(H,14,15). The average Bonchev–Trinajstić information content (AvgIpc) is 1.98. The highest BCUT2D eigenvalue weighted by Gasteiger charge is 2.42. The van der Waals surface area contributed by atoms with Crippen LogP contribution in [0.5, 0.6) is 0 Å². The molecule has 88 valence electrons. The molecule has 1 saturated carbocycles. The number of carboxylic acids is 1. The maximum Gasteiger partial charge on any atom is 0.305 e. The van der Waals surface area contributed by atoms with Gasteiger partial charge in [-0.1, -0.05) is 20.8 Å². The van der Waals surface area contributed by atoms with Crippen molar-refractivity contribution in [2.24, 2.45) is 11.3 Å². The van der Waals surface area contributed by atoms with Crippen LogP contribution in [-0.4, -0.2) is 23.7 Å². The Balaban J connectivity index is 2.83. The van der Waals surface area contributed by atoms with E-state index >= 15 is 0 Å². The van der Waals surface area contributed by atoms with E-state index in [9.17, 15) is 4.79 Å². The van der Waals surface area contributed by atoms with Crippen LogP contribution in [0.3, 0.4) is 0 Å². The zero-order valence-electron chi connectivity index (χ0n) is 10.3. The molecule has 0 aromatic rings. The molecule has 0 saturated heterocycles. The van der Waals surface area contributed by atoms with Gasteiger partial charge in [-0.2, -0.15) is 0 Å². The van der Waals surface area contributed by atoms with Crippen molar-refractivity contribution in [1.82, 2.24) is 5.32 Å². The molecule has 0 aliphatic heterocycles. The fourth-order valence-corrected chi connectivity index (χ4v) is 3.45. The van der Waals surface area contributed by atoms with E-state index in [0.29, 0.717) is 5.92 Å². The van der Waals surface area contributed by atoms with Gasteiger partial charge in [-0.3, -0.25) is 4.79 Å². The third-order valence-electron chi connectivity index (χ3n) is 3.48. The summed E-state index contributed by atoms with van der Waals surface area (Å²) in [6.45, 7) is 6.68. The van der Waals surface area contributed by atoms with Crippen molar-refractivity contribution >= 4 is 5.97 Å². The average molecular weight is 213 g/mol. The third kappa shape index (κ3) is 3.20. The summed E-state index contributed by atoms with van der Waals surface area (Å²) >= 11 is 0. The molecular weight excluding hydrogens is 190 g/mol. The minimum absolute atomic E-state index is 0.201. The molecule has 0 bridgehead atoms. The third-order valence-corrected chi connectivity index (χ3v) is 3.48. The van der Waals surface area contributed by atoms with Crippen molar-refractivity contribution < 1.29 is 9.90 Å². The van der Waals surface area contributed by atoms with Gasteiger partial charge in [-0.25, -0.2) is 0 Å². The van der Waals surface area contributed by atoms with Crippen molar-refractivity contribution in [2.75, 3.05) is 7.05 Å². The van der Waals surface area contributed by atoms with E-state index in [1.165, 1.54) is 6.42 Å². The first-order valence-electron chi connectivity index (χ1n) is 5.69. The van der Waals surface area contributed by atoms with Crippen LogP contribution in [0.2, 0.25) is 0 Å². The van der Waals surface area contributed by atoms with E-state index in [1.807, 2.05) is 7.05 Å². The number of carbonyl (C=O) groups is 1. The lowest BCUT2D eigenvalue weighted by Crippen LogP contribution is -2.52. The van der Waals surface area contributed by atoms with Gasteiger partial charge in [-0.05, 0) is 37.6 Å². The molecule has 2 unspecified atom stereocenters. The lowest BCUT2D eigenvalue weighted by molar-refractivity contribution is -0.139. The first-order chi connectivity index (χ1) is 6.79. The number of hydrogen-bond donors (Lipinski definition) is 2. The summed E-state index contributed by atoms with van der Waals surface area (Å²) in [4.78, 5) is 10.9. The summed E-state index contributed by atoms with van der Waals surface area (Å²) in [6, 6.07) is 0. The van der Waals surface area contributed by atoms with Crippen LogP contribution in [0.4, 0.5) is 0 Å². The van der Waals surface area contributed by atoms with Gasteiger partial charge in [0.05, 0.1) is 6.42 Å². The lowest BCUT2D eigenvalue weighted by atomic mass is 9.63. The molecule has 3 heteroatoms. The van der Waals surface area contributed by atoms with Crippen molar-refractivity contribution in [3.63, 3.8) is 0 Å². The summed E-state index contributed by atoms with van der Waals surface area (Å²) in [5.74, 6) is -0.102. The zero-order chi connectivity index (χ0) is 11.7. The molecule has 1 rings (SSSR count). The second-order valence-electron chi connectivity index (χ2n) is 5.96. The van der Waals surface area contributed by atoms with Gasteiger partial charge in [0.25, 0.3) is 0 Å². The van der Waals surface area contributed by atoms with E-state index in [1.54, 1.807) is 0 Å². The van der Waals surface area contributed by atoms with Gasteiger partial charge >= 0.3 is 5.97 Å². The quantitative estimate of drug-likeness (QED) is 0.756. The second kappa shape index (κ2) is 4.12. The van der Waals surface area contributed by atoms with Crippen LogP contribution >= 0.6 is 0 Å². The summed E-state index contributed by atoms with van der Waals surface area (Å²) in [5.41, 5.74) is 0.0448. The molecule has 2 atom stereocenters. The van der Waals surface area contributed by atoms with E-state index in [0.717, 1.165) is 12.8 Å². The fraction of sp³-hybridized carbons (Fsp3) is 0.917. The summed E-state index contributed by atoms with van der Waals surface area (Å²) < 4.78 is 0. The van der Waals surface area contributed by atoms with Crippen LogP contribution in [0.25, 0.3) is 0 Å². The molecule has 0 heterocycles. The highest BCUT2D eigenvalue weighted by atomic mass is 16.4. The Labute approximate surface area is 92.3 Å². The van der Waals surface area contributed by atoms with Crippen molar-refractivity contribution in [3.05, 3.63) is 0 Å². The minimum atomic E-state index is -0.700. The normalized spacial score (nSPS) is 35.1. The lowest BCUT2D eigenvalue weighted by Gasteiger charge is -2.47. The minimum Gasteiger partial charge on any atom is -0.481 e. The molecule has 0 radical (unpaired) electrons. The molecule has 2 N–H and O–H groups in total. The Morgan fingerprint density at radius 2 is 2.07 bits per heavy atom. The first-order valence-corrected chi connectivity index (χ1v) is 5.69. The van der Waals surface area contributed by atoms with Crippen LogP contribution in [0.1, 0.15) is 46.5 Å². The molecule has 0 spiro atoms. The summed E-state index contributed by atoms with van der Waals surface area (Å²) in [5, 5.41) is 12.2. The molecule has 1 aliphatic rings. The smallest absolute Gasteiger partial charge is 0.305 e. The Kier molecular flexibility index (Phi) is 3.44. The van der Waals surface area contributed by atoms with Crippen molar-refractivity contribution in [1.29, 1.82) is 0 Å². The van der Waals surface area contributed by atoms with Gasteiger partial charge in [0.15, 0.2) is 0 Å². The Hall–Kier alpha value is -0.570. The first kappa shape index (κ1) is 12.5. The van der Waals surface area contributed by atoms with Crippen molar-refractivity contribution in [3.8, 4) is 0 Å². The predicted molar refractivity (Wildman–Crippen MR) is 60.8 cm³/mol. The Morgan fingerprint density at radius 1 is 1.47 bits per heavy atom. The van der Waals surface area contributed by atoms with Crippen LogP contribution in [-0.2, 0) is 4.79 Å². The monoisotopic (exact) mass is 213 g/mol. The second-order valence-corrected chi connectivity index (χ2v) is 5.96. The molecule has 1 aliphatic carbocycles. The number of rotatable bonds is 3. The number of aliphatic carboxylic acids is 1. The molecule has 0 aromatic heterocycles. The zero-order valence-corrected chi connectivity index (χ0v) is 10.3. The maximum atomic E-state index is 10.9. The van der Waals surface area contributed by atoms with E-state index in [4.69, 9.17) is 5.11 Å². The molecule has 3 nitrogen and oxygen atoms in total. The SMILES string of the molecule is CNC1(CC(=O)O)CC(C)CC(C)(C)C1. The van der Waals surface area contributed by atoms with E-state index < -0.39 is 5.97 Å². The molecule has 15 heavy (non-hydrogen) atoms. The fourth-order valence-electron chi connectivity index (χ4n) is 3.45. The highest BCUT2D eigenvalue weighted by Crippen LogP contribution is 2.45. The highest BCUT2D eigenvalue weighted by molar-refractivity contribution is 5.68. The molecule has 0 amide bonds. The Morgan fingerprint density at radius 3 is 2.47 bits per heavy atom. The van der Waals surface area contributed by atoms with Gasteiger partial charge < -0.3 is 10.4 Å². The number of nitrogens with one attached hydrogen (secondary N) is 1. The summed E-state index contributed by atoms with van der Waals surface area (Å²) in [6.07, 6.45) is 3.35. The van der Waals surface area contributed by atoms with Crippen LogP contribution in [0, 0.1) is 11.3 Å². The topological polar surface area (TPSA) is 49.3 Å². The van der Waals surface area contributed by atoms with Gasteiger partial charge in [0.1, 0.15) is 0 Å². The summed E-state index contributed by atoms with van der Waals surface area (Å²) in [7, 11) is 1.89. The number of carboxylic acid groups (broad SMARTS) is 1. The maximum absolute atomic E-state index is 10.9. The predicted octanol–water partition coefficient (Wildman–Crippen LogP) is 2.27. The van der Waals surface area contributed by atoms with Crippen molar-refractivity contribution in [2.45, 2.75) is 52.0 Å². The van der Waals surface area contributed by atoms with Gasteiger partial charge in [0.2, 0.25) is 0 Å². The number of hydrogen-bond acceptors (Lipinski definition) is 2. The largest absolute Gasteiger partial charge is 0.481 e. The van der Waals surface area contributed by atoms with E-state index in [-0.39, 0.29) is 17.4 Å². The van der Waals surface area contributed by atoms with Gasteiger partial charge in [-0.15, -0.1) is 0 Å². The van der Waals surface area contributed by atoms with Crippen LogP contribution in [0.15, 0.2) is 0 Å². The van der Waals surface area contributed by atoms with Gasteiger partial charge in [0, 0.05) is 5.54 Å². The Bertz CT molecular complexity index is 250. The molecular formula is C12H23NO2. The van der Waals surface area contributed by atoms with E-state index in [2.05, 4.69) is 26.1 Å². The molecule has 0 aromatic carbocycles.